The number of H-pyrrole nitrogens is 1. The molecular weight excluding hydrogens is 322 g/mol. The molecule has 0 bridgehead atoms. The topological polar surface area (TPSA) is 93.5 Å². The summed E-state index contributed by atoms with van der Waals surface area (Å²) >= 11 is 0. The molecule has 0 atom stereocenters. The van der Waals surface area contributed by atoms with E-state index in [1.54, 1.807) is 14.2 Å². The van der Waals surface area contributed by atoms with E-state index in [0.29, 0.717) is 18.3 Å². The quantitative estimate of drug-likeness (QED) is 0.681. The molecule has 0 fully saturated rings. The highest BCUT2D eigenvalue weighted by molar-refractivity contribution is 5.43. The van der Waals surface area contributed by atoms with Crippen molar-refractivity contribution in [1.82, 2.24) is 19.6 Å². The molecule has 0 amide bonds. The second kappa shape index (κ2) is 7.25. The third-order valence-corrected chi connectivity index (χ3v) is 3.82. The van der Waals surface area contributed by atoms with Gasteiger partial charge in [-0.2, -0.15) is 9.50 Å². The Morgan fingerprint density at radius 1 is 1.20 bits per heavy atom. The summed E-state index contributed by atoms with van der Waals surface area (Å²) in [5, 5.41) is 6.07. The largest absolute Gasteiger partial charge is 0.497 e. The van der Waals surface area contributed by atoms with Crippen LogP contribution in [0.25, 0.3) is 5.78 Å². The number of benzene rings is 1. The number of hydrogen-bond acceptors (Lipinski definition) is 6. The molecule has 0 spiro atoms. The zero-order chi connectivity index (χ0) is 17.8. The van der Waals surface area contributed by atoms with Crippen LogP contribution in [0.4, 0.5) is 5.95 Å². The van der Waals surface area contributed by atoms with Crippen molar-refractivity contribution in [2.45, 2.75) is 26.3 Å². The fourth-order valence-corrected chi connectivity index (χ4v) is 2.59. The fourth-order valence-electron chi connectivity index (χ4n) is 2.59. The number of aryl methyl sites for hydroxylation is 1. The van der Waals surface area contributed by atoms with E-state index in [2.05, 4.69) is 20.4 Å². The van der Waals surface area contributed by atoms with Gasteiger partial charge in [0.05, 0.1) is 19.9 Å². The lowest BCUT2D eigenvalue weighted by atomic mass is 10.2. The standard InChI is InChI=1S/C17H21N5O3/c1-4-5-12-9-15(23)22-17(19-12)20-16(21-22)18-10-11-8-13(24-2)6-7-14(11)25-3/h6-9H,4-5,10H2,1-3H3,(H2,18,19,20,21). The van der Waals surface area contributed by atoms with Gasteiger partial charge in [0.15, 0.2) is 0 Å². The second-order valence-electron chi connectivity index (χ2n) is 5.57. The molecule has 8 heteroatoms. The van der Waals surface area contributed by atoms with Crippen LogP contribution in [-0.4, -0.2) is 33.8 Å². The molecule has 0 unspecified atom stereocenters. The molecule has 0 aliphatic carbocycles. The van der Waals surface area contributed by atoms with Gasteiger partial charge in [-0.3, -0.25) is 9.89 Å². The van der Waals surface area contributed by atoms with Crippen LogP contribution in [-0.2, 0) is 13.0 Å². The van der Waals surface area contributed by atoms with Crippen molar-refractivity contribution in [2.24, 2.45) is 0 Å². The van der Waals surface area contributed by atoms with Gasteiger partial charge in [0.2, 0.25) is 5.95 Å². The van der Waals surface area contributed by atoms with Crippen LogP contribution in [0.1, 0.15) is 24.6 Å². The Kier molecular flexibility index (Phi) is 4.87. The Bertz CT molecular complexity index is 932. The number of rotatable bonds is 7. The monoisotopic (exact) mass is 343 g/mol. The number of nitrogens with zero attached hydrogens (tertiary/aromatic N) is 3. The first-order valence-corrected chi connectivity index (χ1v) is 8.08. The summed E-state index contributed by atoms with van der Waals surface area (Å²) in [6.45, 7) is 2.50. The van der Waals surface area contributed by atoms with Gasteiger partial charge in [0.1, 0.15) is 11.5 Å². The third-order valence-electron chi connectivity index (χ3n) is 3.82. The summed E-state index contributed by atoms with van der Waals surface area (Å²) in [5.41, 5.74) is 1.49. The van der Waals surface area contributed by atoms with Crippen molar-refractivity contribution in [3.8, 4) is 11.5 Å². The van der Waals surface area contributed by atoms with Gasteiger partial charge < -0.3 is 14.8 Å². The van der Waals surface area contributed by atoms with Crippen molar-refractivity contribution in [3.05, 3.63) is 45.9 Å². The lowest BCUT2D eigenvalue weighted by molar-refractivity contribution is 0.399. The number of nitrogens with one attached hydrogen (secondary N) is 2. The Balaban J connectivity index is 1.84. The fraction of sp³-hybridized carbons (Fsp3) is 0.353. The molecule has 0 aliphatic heterocycles. The highest BCUT2D eigenvalue weighted by Gasteiger charge is 2.09. The molecule has 0 radical (unpaired) electrons. The third kappa shape index (κ3) is 3.57. The first-order valence-electron chi connectivity index (χ1n) is 8.08. The van der Waals surface area contributed by atoms with Gasteiger partial charge >= 0.3 is 0 Å². The number of aromatic amines is 1. The number of hydrogen-bond donors (Lipinski definition) is 2. The molecule has 132 valence electrons. The first kappa shape index (κ1) is 16.8. The Morgan fingerprint density at radius 3 is 2.76 bits per heavy atom. The predicted octanol–water partition coefficient (Wildman–Crippen LogP) is 2.00. The summed E-state index contributed by atoms with van der Waals surface area (Å²) in [4.78, 5) is 20.9. The zero-order valence-corrected chi connectivity index (χ0v) is 14.5. The molecule has 0 aliphatic rings. The molecule has 3 rings (SSSR count). The van der Waals surface area contributed by atoms with Crippen LogP contribution < -0.4 is 20.3 Å². The van der Waals surface area contributed by atoms with Gasteiger partial charge in [-0.1, -0.05) is 13.3 Å². The van der Waals surface area contributed by atoms with E-state index in [0.717, 1.165) is 35.6 Å². The molecule has 2 N–H and O–H groups in total. The Labute approximate surface area is 144 Å². The molecule has 1 aromatic carbocycles. The van der Waals surface area contributed by atoms with E-state index in [1.165, 1.54) is 10.6 Å². The highest BCUT2D eigenvalue weighted by atomic mass is 16.5. The average molecular weight is 343 g/mol. The van der Waals surface area contributed by atoms with Crippen molar-refractivity contribution in [1.29, 1.82) is 0 Å². The van der Waals surface area contributed by atoms with Crippen LogP contribution >= 0.6 is 0 Å². The minimum absolute atomic E-state index is 0.173. The minimum Gasteiger partial charge on any atom is -0.497 e. The van der Waals surface area contributed by atoms with Gasteiger partial charge in [-0.05, 0) is 24.6 Å². The van der Waals surface area contributed by atoms with Crippen LogP contribution in [0.15, 0.2) is 29.1 Å². The molecule has 2 heterocycles. The van der Waals surface area contributed by atoms with E-state index in [-0.39, 0.29) is 5.56 Å². The number of anilines is 1. The summed E-state index contributed by atoms with van der Waals surface area (Å²) in [6, 6.07) is 7.10. The molecule has 0 saturated heterocycles. The van der Waals surface area contributed by atoms with E-state index >= 15 is 0 Å². The molecule has 2 aromatic heterocycles. The van der Waals surface area contributed by atoms with E-state index in [9.17, 15) is 4.79 Å². The zero-order valence-electron chi connectivity index (χ0n) is 14.5. The van der Waals surface area contributed by atoms with E-state index < -0.39 is 0 Å². The molecule has 8 nitrogen and oxygen atoms in total. The Morgan fingerprint density at radius 2 is 2.04 bits per heavy atom. The van der Waals surface area contributed by atoms with Crippen molar-refractivity contribution < 1.29 is 9.47 Å². The minimum atomic E-state index is -0.173. The van der Waals surface area contributed by atoms with Crippen molar-refractivity contribution in [3.63, 3.8) is 0 Å². The van der Waals surface area contributed by atoms with E-state index in [4.69, 9.17) is 9.47 Å². The smallest absolute Gasteiger partial charge is 0.274 e. The second-order valence-corrected chi connectivity index (χ2v) is 5.57. The number of ether oxygens (including phenoxy) is 2. The summed E-state index contributed by atoms with van der Waals surface area (Å²) in [7, 11) is 3.23. The first-order chi connectivity index (χ1) is 12.1. The van der Waals surface area contributed by atoms with Crippen molar-refractivity contribution >= 4 is 11.7 Å². The Hall–Kier alpha value is -3.03. The maximum absolute atomic E-state index is 12.1. The highest BCUT2D eigenvalue weighted by Crippen LogP contribution is 2.24. The van der Waals surface area contributed by atoms with E-state index in [1.807, 2.05) is 25.1 Å². The molecular formula is C17H21N5O3. The maximum Gasteiger partial charge on any atom is 0.274 e. The van der Waals surface area contributed by atoms with Crippen LogP contribution in [0.3, 0.4) is 0 Å². The van der Waals surface area contributed by atoms with Crippen molar-refractivity contribution in [2.75, 3.05) is 19.5 Å². The normalized spacial score (nSPS) is 10.8. The van der Waals surface area contributed by atoms with Crippen LogP contribution in [0.5, 0.6) is 11.5 Å². The maximum atomic E-state index is 12.1. The summed E-state index contributed by atoms with van der Waals surface area (Å²) < 4.78 is 11.9. The average Bonchev–Trinajstić information content (AvgIpc) is 3.03. The SMILES string of the molecule is CCCc1cc(=O)n2[nH]c(NCc3cc(OC)ccc3OC)nc2n1. The van der Waals surface area contributed by atoms with Crippen LogP contribution in [0.2, 0.25) is 0 Å². The summed E-state index contributed by atoms with van der Waals surface area (Å²) in [6.07, 6.45) is 1.68. The molecule has 3 aromatic rings. The molecule has 0 saturated carbocycles. The van der Waals surface area contributed by atoms with Gasteiger partial charge in [0.25, 0.3) is 11.3 Å². The number of aromatic nitrogens is 4. The van der Waals surface area contributed by atoms with Crippen LogP contribution in [0, 0.1) is 0 Å². The number of methoxy groups -OCH3 is 2. The lowest BCUT2D eigenvalue weighted by Crippen LogP contribution is -2.15. The lowest BCUT2D eigenvalue weighted by Gasteiger charge is -2.10. The van der Waals surface area contributed by atoms with Gasteiger partial charge in [-0.15, -0.1) is 0 Å². The van der Waals surface area contributed by atoms with Gasteiger partial charge in [-0.25, -0.2) is 4.98 Å². The number of fused-ring (bicyclic) bond motifs is 1. The van der Waals surface area contributed by atoms with Gasteiger partial charge in [0, 0.05) is 18.2 Å². The summed E-state index contributed by atoms with van der Waals surface area (Å²) in [5.74, 6) is 2.30. The predicted molar refractivity (Wildman–Crippen MR) is 94.5 cm³/mol. The molecule has 25 heavy (non-hydrogen) atoms.